The first-order valence-corrected chi connectivity index (χ1v) is 13.0. The SMILES string of the molecule is COc1cc2c(cc1OC)[C@@H]1CCCC[C@@H]1N=C2c1ccc(OCC2CC2)c(OCC2CC2)c1. The van der Waals surface area contributed by atoms with Crippen LogP contribution in [0.2, 0.25) is 0 Å². The fourth-order valence-corrected chi connectivity index (χ4v) is 5.37. The lowest BCUT2D eigenvalue weighted by Gasteiger charge is -2.36. The standard InChI is InChI=1S/C29H35NO4/c1-31-26-14-22-21-5-3-4-6-24(21)30-29(23(22)15-27(26)32-2)20-11-12-25(33-16-18-7-8-18)28(13-20)34-17-19-9-10-19/h11-15,18-19,21,24H,3-10,16-17H2,1-2H3/t21-,24-/m0/s1. The summed E-state index contributed by atoms with van der Waals surface area (Å²) in [5.41, 5.74) is 4.61. The van der Waals surface area contributed by atoms with Crippen molar-refractivity contribution in [2.24, 2.45) is 16.8 Å². The molecule has 3 aliphatic carbocycles. The van der Waals surface area contributed by atoms with E-state index in [0.717, 1.165) is 59.5 Å². The van der Waals surface area contributed by atoms with E-state index in [-0.39, 0.29) is 0 Å². The second kappa shape index (κ2) is 9.16. The average molecular weight is 462 g/mol. The van der Waals surface area contributed by atoms with E-state index in [1.807, 2.05) is 0 Å². The van der Waals surface area contributed by atoms with Crippen LogP contribution in [0.4, 0.5) is 0 Å². The van der Waals surface area contributed by atoms with Crippen LogP contribution in [-0.2, 0) is 0 Å². The highest BCUT2D eigenvalue weighted by Crippen LogP contribution is 2.45. The Balaban J connectivity index is 1.39. The Morgan fingerprint density at radius 1 is 0.735 bits per heavy atom. The molecule has 0 spiro atoms. The largest absolute Gasteiger partial charge is 0.493 e. The Labute approximate surface area is 202 Å². The molecule has 0 aromatic heterocycles. The molecule has 2 aromatic rings. The van der Waals surface area contributed by atoms with Crippen molar-refractivity contribution in [3.63, 3.8) is 0 Å². The van der Waals surface area contributed by atoms with Crippen LogP contribution in [0, 0.1) is 11.8 Å². The normalized spacial score (nSPS) is 23.4. The highest BCUT2D eigenvalue weighted by molar-refractivity contribution is 6.15. The van der Waals surface area contributed by atoms with E-state index in [2.05, 4.69) is 30.3 Å². The van der Waals surface area contributed by atoms with Crippen molar-refractivity contribution in [1.29, 1.82) is 0 Å². The molecule has 2 aromatic carbocycles. The van der Waals surface area contributed by atoms with Crippen LogP contribution in [0.5, 0.6) is 23.0 Å². The number of ether oxygens (including phenoxy) is 4. The minimum absolute atomic E-state index is 0.316. The molecule has 5 nitrogen and oxygen atoms in total. The third-order valence-electron chi connectivity index (χ3n) is 7.79. The summed E-state index contributed by atoms with van der Waals surface area (Å²) in [6, 6.07) is 11.0. The molecule has 180 valence electrons. The monoisotopic (exact) mass is 461 g/mol. The van der Waals surface area contributed by atoms with Gasteiger partial charge in [0.25, 0.3) is 0 Å². The van der Waals surface area contributed by atoms with Crippen molar-refractivity contribution in [2.45, 2.75) is 63.3 Å². The summed E-state index contributed by atoms with van der Waals surface area (Å²) in [6.07, 6.45) is 9.89. The Hall–Kier alpha value is -2.69. The van der Waals surface area contributed by atoms with Crippen LogP contribution in [0.3, 0.4) is 0 Å². The minimum Gasteiger partial charge on any atom is -0.493 e. The van der Waals surface area contributed by atoms with E-state index >= 15 is 0 Å². The van der Waals surface area contributed by atoms with Crippen molar-refractivity contribution in [3.05, 3.63) is 47.0 Å². The van der Waals surface area contributed by atoms with E-state index in [1.54, 1.807) is 14.2 Å². The van der Waals surface area contributed by atoms with E-state index < -0.39 is 0 Å². The minimum atomic E-state index is 0.316. The Bertz CT molecular complexity index is 1090. The third-order valence-corrected chi connectivity index (χ3v) is 7.79. The zero-order valence-corrected chi connectivity index (χ0v) is 20.3. The van der Waals surface area contributed by atoms with Crippen LogP contribution in [0.25, 0.3) is 0 Å². The first kappa shape index (κ1) is 21.8. The average Bonchev–Trinajstić information content (AvgIpc) is 3.80. The zero-order chi connectivity index (χ0) is 23.1. The predicted octanol–water partition coefficient (Wildman–Crippen LogP) is 6.16. The molecule has 0 bridgehead atoms. The number of hydrogen-bond donors (Lipinski definition) is 0. The molecule has 2 atom stereocenters. The summed E-state index contributed by atoms with van der Waals surface area (Å²) in [6.45, 7) is 1.55. The summed E-state index contributed by atoms with van der Waals surface area (Å²) in [5.74, 6) is 5.08. The summed E-state index contributed by atoms with van der Waals surface area (Å²) >= 11 is 0. The summed E-state index contributed by atoms with van der Waals surface area (Å²) in [7, 11) is 3.41. The highest BCUT2D eigenvalue weighted by atomic mass is 16.5. The van der Waals surface area contributed by atoms with Crippen LogP contribution < -0.4 is 18.9 Å². The molecule has 1 aliphatic heterocycles. The molecule has 0 amide bonds. The van der Waals surface area contributed by atoms with Gasteiger partial charge < -0.3 is 18.9 Å². The fraction of sp³-hybridized carbons (Fsp3) is 0.552. The second-order valence-electron chi connectivity index (χ2n) is 10.4. The lowest BCUT2D eigenvalue weighted by atomic mass is 9.75. The molecule has 0 N–H and O–H groups in total. The van der Waals surface area contributed by atoms with Crippen molar-refractivity contribution >= 4 is 5.71 Å². The number of rotatable bonds is 9. The molecule has 0 unspecified atom stereocenters. The van der Waals surface area contributed by atoms with Gasteiger partial charge in [-0.25, -0.2) is 0 Å². The van der Waals surface area contributed by atoms with Crippen molar-refractivity contribution in [1.82, 2.24) is 0 Å². The zero-order valence-electron chi connectivity index (χ0n) is 20.3. The van der Waals surface area contributed by atoms with Gasteiger partial charge in [0, 0.05) is 17.0 Å². The smallest absolute Gasteiger partial charge is 0.161 e. The summed E-state index contributed by atoms with van der Waals surface area (Å²) < 4.78 is 23.8. The third kappa shape index (κ3) is 4.37. The summed E-state index contributed by atoms with van der Waals surface area (Å²) in [4.78, 5) is 5.33. The van der Waals surface area contributed by atoms with Gasteiger partial charge in [-0.2, -0.15) is 0 Å². The molecule has 34 heavy (non-hydrogen) atoms. The van der Waals surface area contributed by atoms with E-state index in [4.69, 9.17) is 23.9 Å². The lowest BCUT2D eigenvalue weighted by molar-refractivity contribution is 0.253. The number of hydrogen-bond acceptors (Lipinski definition) is 5. The topological polar surface area (TPSA) is 49.3 Å². The molecular weight excluding hydrogens is 426 g/mol. The lowest BCUT2D eigenvalue weighted by Crippen LogP contribution is -2.29. The number of nitrogens with zero attached hydrogens (tertiary/aromatic N) is 1. The summed E-state index contributed by atoms with van der Waals surface area (Å²) in [5, 5.41) is 0. The molecule has 4 aliphatic rings. The van der Waals surface area contributed by atoms with E-state index in [0.29, 0.717) is 23.8 Å². The van der Waals surface area contributed by atoms with Gasteiger partial charge >= 0.3 is 0 Å². The van der Waals surface area contributed by atoms with Gasteiger partial charge in [-0.15, -0.1) is 0 Å². The molecule has 3 saturated carbocycles. The molecule has 1 heterocycles. The van der Waals surface area contributed by atoms with Crippen molar-refractivity contribution in [2.75, 3.05) is 27.4 Å². The van der Waals surface area contributed by atoms with Gasteiger partial charge in [0.2, 0.25) is 0 Å². The first-order valence-electron chi connectivity index (χ1n) is 13.0. The molecule has 6 rings (SSSR count). The molecule has 0 radical (unpaired) electrons. The highest BCUT2D eigenvalue weighted by Gasteiger charge is 2.35. The van der Waals surface area contributed by atoms with Crippen LogP contribution >= 0.6 is 0 Å². The van der Waals surface area contributed by atoms with Crippen molar-refractivity contribution in [3.8, 4) is 23.0 Å². The first-order chi connectivity index (χ1) is 16.7. The van der Waals surface area contributed by atoms with Crippen LogP contribution in [0.15, 0.2) is 35.3 Å². The van der Waals surface area contributed by atoms with E-state index in [1.165, 1.54) is 50.5 Å². The number of methoxy groups -OCH3 is 2. The number of fused-ring (bicyclic) bond motifs is 3. The number of benzene rings is 2. The van der Waals surface area contributed by atoms with Crippen LogP contribution in [-0.4, -0.2) is 39.2 Å². The van der Waals surface area contributed by atoms with Gasteiger partial charge in [0.05, 0.1) is 39.2 Å². The van der Waals surface area contributed by atoms with E-state index in [9.17, 15) is 0 Å². The van der Waals surface area contributed by atoms with Gasteiger partial charge in [-0.1, -0.05) is 12.8 Å². The van der Waals surface area contributed by atoms with Gasteiger partial charge in [-0.3, -0.25) is 4.99 Å². The van der Waals surface area contributed by atoms with Gasteiger partial charge in [0.1, 0.15) is 0 Å². The van der Waals surface area contributed by atoms with Gasteiger partial charge in [0.15, 0.2) is 23.0 Å². The Kier molecular flexibility index (Phi) is 5.88. The van der Waals surface area contributed by atoms with Crippen LogP contribution in [0.1, 0.15) is 74.0 Å². The number of aliphatic imine (C=N–C) groups is 1. The predicted molar refractivity (Wildman–Crippen MR) is 133 cm³/mol. The maximum Gasteiger partial charge on any atom is 0.161 e. The Morgan fingerprint density at radius 2 is 1.41 bits per heavy atom. The quantitative estimate of drug-likeness (QED) is 0.449. The fourth-order valence-electron chi connectivity index (χ4n) is 5.37. The van der Waals surface area contributed by atoms with Crippen molar-refractivity contribution < 1.29 is 18.9 Å². The Morgan fingerprint density at radius 3 is 2.12 bits per heavy atom. The van der Waals surface area contributed by atoms with Gasteiger partial charge in [-0.05, 0) is 86.3 Å². The second-order valence-corrected chi connectivity index (χ2v) is 10.4. The molecular formula is C29H35NO4. The molecule has 5 heteroatoms. The maximum absolute atomic E-state index is 6.30. The molecule has 3 fully saturated rings. The maximum atomic E-state index is 6.30. The molecule has 0 saturated heterocycles.